The van der Waals surface area contributed by atoms with Crippen LogP contribution in [0.25, 0.3) is 6.08 Å². The van der Waals surface area contributed by atoms with E-state index < -0.39 is 0 Å². The lowest BCUT2D eigenvalue weighted by Gasteiger charge is -2.14. The number of imide groups is 1. The maximum absolute atomic E-state index is 12.8. The summed E-state index contributed by atoms with van der Waals surface area (Å²) >= 11 is 0.977. The highest BCUT2D eigenvalue weighted by molar-refractivity contribution is 8.18. The molecule has 4 rings (SSSR count). The molecule has 0 saturated carbocycles. The van der Waals surface area contributed by atoms with Gasteiger partial charge in [0, 0.05) is 0 Å². The molecule has 0 spiro atoms. The fourth-order valence-electron chi connectivity index (χ4n) is 3.29. The first-order valence-electron chi connectivity index (χ1n) is 10.1. The second-order valence-corrected chi connectivity index (χ2v) is 8.53. The van der Waals surface area contributed by atoms with E-state index in [9.17, 15) is 9.59 Å². The second kappa shape index (κ2) is 9.23. The molecule has 0 radical (unpaired) electrons. The number of rotatable bonds is 6. The van der Waals surface area contributed by atoms with Crippen molar-refractivity contribution in [3.63, 3.8) is 0 Å². The number of aryl methyl sites for hydroxylation is 2. The van der Waals surface area contributed by atoms with Gasteiger partial charge in [-0.15, -0.1) is 0 Å². The number of hydrogen-bond donors (Lipinski definition) is 0. The summed E-state index contributed by atoms with van der Waals surface area (Å²) in [6.45, 7) is 4.79. The molecule has 0 unspecified atom stereocenters. The molecule has 1 heterocycles. The number of ether oxygens (including phenoxy) is 1. The van der Waals surface area contributed by atoms with Crippen molar-refractivity contribution in [1.82, 2.24) is 4.90 Å². The predicted octanol–water partition coefficient (Wildman–Crippen LogP) is 6.12. The molecule has 0 bridgehead atoms. The molecule has 1 fully saturated rings. The minimum Gasteiger partial charge on any atom is -0.489 e. The summed E-state index contributed by atoms with van der Waals surface area (Å²) in [4.78, 5) is 27.0. The number of amides is 2. The van der Waals surface area contributed by atoms with Crippen molar-refractivity contribution in [3.05, 3.63) is 106 Å². The van der Waals surface area contributed by atoms with Crippen LogP contribution in [0.5, 0.6) is 5.75 Å². The van der Waals surface area contributed by atoms with Crippen molar-refractivity contribution in [2.75, 3.05) is 0 Å². The summed E-state index contributed by atoms with van der Waals surface area (Å²) in [6.07, 6.45) is 1.75. The Morgan fingerprint density at radius 2 is 1.71 bits per heavy atom. The van der Waals surface area contributed by atoms with E-state index in [1.807, 2.05) is 67.6 Å². The van der Waals surface area contributed by atoms with Crippen molar-refractivity contribution < 1.29 is 14.3 Å². The van der Waals surface area contributed by atoms with Gasteiger partial charge in [-0.3, -0.25) is 14.5 Å². The SMILES string of the molecule is Cc1ccc(COc2cccc(/C=C3\SC(=O)N(Cc4ccccc4C)C3=O)c2)cc1. The highest BCUT2D eigenvalue weighted by atomic mass is 32.2. The number of nitrogens with zero attached hydrogens (tertiary/aromatic N) is 1. The largest absolute Gasteiger partial charge is 0.489 e. The van der Waals surface area contributed by atoms with Crippen LogP contribution in [-0.4, -0.2) is 16.0 Å². The average molecular weight is 430 g/mol. The molecule has 1 aliphatic rings. The second-order valence-electron chi connectivity index (χ2n) is 7.54. The molecule has 0 aromatic heterocycles. The third-order valence-corrected chi connectivity index (χ3v) is 6.05. The summed E-state index contributed by atoms with van der Waals surface area (Å²) in [5.41, 5.74) is 5.15. The van der Waals surface area contributed by atoms with Crippen LogP contribution in [0.3, 0.4) is 0 Å². The smallest absolute Gasteiger partial charge is 0.293 e. The van der Waals surface area contributed by atoms with Gasteiger partial charge in [-0.05, 0) is 66.1 Å². The Labute approximate surface area is 186 Å². The van der Waals surface area contributed by atoms with Gasteiger partial charge in [0.1, 0.15) is 12.4 Å². The first-order valence-corrected chi connectivity index (χ1v) is 10.9. The topological polar surface area (TPSA) is 46.6 Å². The quantitative estimate of drug-likeness (QED) is 0.443. The molecule has 3 aromatic rings. The van der Waals surface area contributed by atoms with E-state index >= 15 is 0 Å². The molecule has 1 saturated heterocycles. The van der Waals surface area contributed by atoms with Gasteiger partial charge < -0.3 is 4.74 Å². The molecular weight excluding hydrogens is 406 g/mol. The van der Waals surface area contributed by atoms with Crippen LogP contribution in [-0.2, 0) is 17.9 Å². The molecule has 4 nitrogen and oxygen atoms in total. The van der Waals surface area contributed by atoms with Gasteiger partial charge in [0.05, 0.1) is 11.4 Å². The van der Waals surface area contributed by atoms with Crippen LogP contribution in [0.1, 0.15) is 27.8 Å². The zero-order valence-corrected chi connectivity index (χ0v) is 18.3. The third-order valence-electron chi connectivity index (χ3n) is 5.15. The van der Waals surface area contributed by atoms with E-state index in [0.717, 1.165) is 34.0 Å². The Morgan fingerprint density at radius 1 is 0.935 bits per heavy atom. The van der Waals surface area contributed by atoms with Crippen LogP contribution in [0.4, 0.5) is 4.79 Å². The zero-order valence-electron chi connectivity index (χ0n) is 17.5. The van der Waals surface area contributed by atoms with E-state index in [2.05, 4.69) is 19.1 Å². The van der Waals surface area contributed by atoms with Crippen LogP contribution >= 0.6 is 11.8 Å². The molecule has 3 aromatic carbocycles. The summed E-state index contributed by atoms with van der Waals surface area (Å²) in [6, 6.07) is 23.5. The third kappa shape index (κ3) is 5.06. The molecule has 156 valence electrons. The minimum absolute atomic E-state index is 0.244. The van der Waals surface area contributed by atoms with Crippen LogP contribution in [0, 0.1) is 13.8 Å². The van der Waals surface area contributed by atoms with Gasteiger partial charge >= 0.3 is 0 Å². The number of benzene rings is 3. The van der Waals surface area contributed by atoms with E-state index in [0.29, 0.717) is 17.3 Å². The zero-order chi connectivity index (χ0) is 21.8. The first kappa shape index (κ1) is 20.9. The van der Waals surface area contributed by atoms with Gasteiger partial charge in [0.2, 0.25) is 0 Å². The van der Waals surface area contributed by atoms with Crippen LogP contribution in [0.15, 0.2) is 77.7 Å². The minimum atomic E-state index is -0.260. The first-order chi connectivity index (χ1) is 15.0. The highest BCUT2D eigenvalue weighted by Crippen LogP contribution is 2.34. The molecule has 0 atom stereocenters. The Balaban J connectivity index is 1.46. The number of hydrogen-bond acceptors (Lipinski definition) is 4. The lowest BCUT2D eigenvalue weighted by Crippen LogP contribution is -2.27. The predicted molar refractivity (Wildman–Crippen MR) is 125 cm³/mol. The fourth-order valence-corrected chi connectivity index (χ4v) is 4.13. The van der Waals surface area contributed by atoms with Crippen molar-refractivity contribution in [3.8, 4) is 5.75 Å². The lowest BCUT2D eigenvalue weighted by molar-refractivity contribution is -0.123. The number of carbonyl (C=O) groups excluding carboxylic acids is 2. The highest BCUT2D eigenvalue weighted by Gasteiger charge is 2.35. The standard InChI is InChI=1S/C26H23NO3S/c1-18-10-12-20(13-11-18)17-30-23-9-5-7-21(14-23)15-24-25(28)27(26(29)31-24)16-22-8-4-3-6-19(22)2/h3-15H,16-17H2,1-2H3/b24-15-. The molecule has 5 heteroatoms. The maximum atomic E-state index is 12.8. The normalized spacial score (nSPS) is 15.0. The lowest BCUT2D eigenvalue weighted by atomic mass is 10.1. The monoisotopic (exact) mass is 429 g/mol. The van der Waals surface area contributed by atoms with Gasteiger partial charge in [-0.1, -0.05) is 66.2 Å². The molecule has 0 aliphatic carbocycles. The van der Waals surface area contributed by atoms with Gasteiger partial charge in [0.25, 0.3) is 11.1 Å². The molecule has 0 N–H and O–H groups in total. The average Bonchev–Trinajstić information content (AvgIpc) is 3.02. The van der Waals surface area contributed by atoms with E-state index in [1.54, 1.807) is 6.08 Å². The van der Waals surface area contributed by atoms with Gasteiger partial charge in [-0.2, -0.15) is 0 Å². The number of carbonyl (C=O) groups is 2. The van der Waals surface area contributed by atoms with Gasteiger partial charge in [-0.25, -0.2) is 0 Å². The Kier molecular flexibility index (Phi) is 6.23. The van der Waals surface area contributed by atoms with Crippen molar-refractivity contribution in [2.45, 2.75) is 27.0 Å². The Hall–Kier alpha value is -3.31. The van der Waals surface area contributed by atoms with Crippen molar-refractivity contribution in [1.29, 1.82) is 0 Å². The van der Waals surface area contributed by atoms with E-state index in [1.165, 1.54) is 10.5 Å². The summed E-state index contributed by atoms with van der Waals surface area (Å²) in [7, 11) is 0. The molecular formula is C26H23NO3S. The number of thioether (sulfide) groups is 1. The maximum Gasteiger partial charge on any atom is 0.293 e. The van der Waals surface area contributed by atoms with E-state index in [-0.39, 0.29) is 17.7 Å². The van der Waals surface area contributed by atoms with Crippen molar-refractivity contribution >= 4 is 29.0 Å². The van der Waals surface area contributed by atoms with Crippen LogP contribution in [0.2, 0.25) is 0 Å². The Morgan fingerprint density at radius 3 is 2.48 bits per heavy atom. The van der Waals surface area contributed by atoms with Crippen LogP contribution < -0.4 is 4.74 Å². The van der Waals surface area contributed by atoms with E-state index in [4.69, 9.17) is 4.74 Å². The summed E-state index contributed by atoms with van der Waals surface area (Å²) in [5, 5.41) is -0.244. The molecule has 2 amide bonds. The van der Waals surface area contributed by atoms with Crippen molar-refractivity contribution in [2.24, 2.45) is 0 Å². The summed E-state index contributed by atoms with van der Waals surface area (Å²) in [5.74, 6) is 0.456. The molecule has 1 aliphatic heterocycles. The molecule has 31 heavy (non-hydrogen) atoms. The van der Waals surface area contributed by atoms with Gasteiger partial charge in [0.15, 0.2) is 0 Å². The summed E-state index contributed by atoms with van der Waals surface area (Å²) < 4.78 is 5.90. The Bertz CT molecular complexity index is 1150. The fraction of sp³-hybridized carbons (Fsp3) is 0.154.